The van der Waals surface area contributed by atoms with Crippen molar-refractivity contribution in [3.63, 3.8) is 0 Å². The molecule has 0 atom stereocenters. The molecule has 0 saturated carbocycles. The molecular formula is C10H9N3O2. The van der Waals surface area contributed by atoms with E-state index in [2.05, 4.69) is 15.2 Å². The third kappa shape index (κ3) is 1.71. The van der Waals surface area contributed by atoms with Gasteiger partial charge in [-0.25, -0.2) is 4.79 Å². The zero-order chi connectivity index (χ0) is 10.8. The molecule has 15 heavy (non-hydrogen) atoms. The molecule has 2 heterocycles. The van der Waals surface area contributed by atoms with Crippen LogP contribution in [0.25, 0.3) is 11.3 Å². The third-order valence-electron chi connectivity index (χ3n) is 2.03. The first-order chi connectivity index (χ1) is 7.18. The van der Waals surface area contributed by atoms with Crippen molar-refractivity contribution in [3.8, 4) is 11.3 Å². The van der Waals surface area contributed by atoms with Crippen LogP contribution in [0.15, 0.2) is 24.7 Å². The quantitative estimate of drug-likeness (QED) is 0.774. The zero-order valence-corrected chi connectivity index (χ0v) is 8.06. The summed E-state index contributed by atoms with van der Waals surface area (Å²) in [6.07, 6.45) is 4.60. The van der Waals surface area contributed by atoms with Gasteiger partial charge in [-0.05, 0) is 18.6 Å². The van der Waals surface area contributed by atoms with E-state index in [0.717, 1.165) is 11.1 Å². The number of carboxylic acids is 1. The SMILES string of the molecule is Cc1cncc(-c2[nH]ncc2C(=O)O)c1. The topological polar surface area (TPSA) is 78.9 Å². The summed E-state index contributed by atoms with van der Waals surface area (Å²) in [5.41, 5.74) is 2.34. The van der Waals surface area contributed by atoms with Crippen LogP contribution in [0.1, 0.15) is 15.9 Å². The fourth-order valence-electron chi connectivity index (χ4n) is 1.36. The minimum absolute atomic E-state index is 0.155. The maximum absolute atomic E-state index is 10.9. The molecule has 2 aromatic heterocycles. The number of nitrogens with zero attached hydrogens (tertiary/aromatic N) is 2. The van der Waals surface area contributed by atoms with Crippen LogP contribution >= 0.6 is 0 Å². The van der Waals surface area contributed by atoms with E-state index in [4.69, 9.17) is 5.11 Å². The van der Waals surface area contributed by atoms with Gasteiger partial charge in [0.15, 0.2) is 0 Å². The Hall–Kier alpha value is -2.17. The van der Waals surface area contributed by atoms with Crippen LogP contribution in [-0.4, -0.2) is 26.3 Å². The highest BCUT2D eigenvalue weighted by molar-refractivity contribution is 5.94. The molecule has 0 radical (unpaired) electrons. The molecule has 0 unspecified atom stereocenters. The first-order valence-corrected chi connectivity index (χ1v) is 4.37. The second kappa shape index (κ2) is 3.53. The molecule has 0 aliphatic carbocycles. The molecule has 5 nitrogen and oxygen atoms in total. The van der Waals surface area contributed by atoms with Crippen LogP contribution in [0.4, 0.5) is 0 Å². The zero-order valence-electron chi connectivity index (χ0n) is 8.06. The van der Waals surface area contributed by atoms with Gasteiger partial charge in [-0.2, -0.15) is 5.10 Å². The van der Waals surface area contributed by atoms with E-state index in [9.17, 15) is 4.79 Å². The van der Waals surface area contributed by atoms with Crippen molar-refractivity contribution in [2.75, 3.05) is 0 Å². The number of carboxylic acid groups (broad SMARTS) is 1. The number of rotatable bonds is 2. The van der Waals surface area contributed by atoms with Crippen LogP contribution in [0.3, 0.4) is 0 Å². The fourth-order valence-corrected chi connectivity index (χ4v) is 1.36. The molecule has 0 bridgehead atoms. The largest absolute Gasteiger partial charge is 0.478 e. The summed E-state index contributed by atoms with van der Waals surface area (Å²) in [5, 5.41) is 15.3. The fraction of sp³-hybridized carbons (Fsp3) is 0.100. The summed E-state index contributed by atoms with van der Waals surface area (Å²) >= 11 is 0. The minimum atomic E-state index is -1.000. The number of carbonyl (C=O) groups is 1. The van der Waals surface area contributed by atoms with Gasteiger partial charge >= 0.3 is 5.97 Å². The normalized spacial score (nSPS) is 10.2. The van der Waals surface area contributed by atoms with E-state index < -0.39 is 5.97 Å². The van der Waals surface area contributed by atoms with Crippen LogP contribution in [0, 0.1) is 6.92 Å². The van der Waals surface area contributed by atoms with Crippen LogP contribution in [-0.2, 0) is 0 Å². The van der Waals surface area contributed by atoms with Crippen LogP contribution in [0.5, 0.6) is 0 Å². The summed E-state index contributed by atoms with van der Waals surface area (Å²) in [6.45, 7) is 1.90. The Morgan fingerprint density at radius 1 is 1.40 bits per heavy atom. The van der Waals surface area contributed by atoms with Crippen molar-refractivity contribution in [2.45, 2.75) is 6.92 Å². The molecule has 2 rings (SSSR count). The Labute approximate surface area is 85.8 Å². The maximum atomic E-state index is 10.9. The second-order valence-electron chi connectivity index (χ2n) is 3.21. The highest BCUT2D eigenvalue weighted by atomic mass is 16.4. The Morgan fingerprint density at radius 3 is 2.87 bits per heavy atom. The van der Waals surface area contributed by atoms with Crippen molar-refractivity contribution in [1.82, 2.24) is 15.2 Å². The number of aryl methyl sites for hydroxylation is 1. The third-order valence-corrected chi connectivity index (χ3v) is 2.03. The number of aromatic carboxylic acids is 1. The average Bonchev–Trinajstić information content (AvgIpc) is 2.65. The van der Waals surface area contributed by atoms with Crippen LogP contribution in [0.2, 0.25) is 0 Å². The van der Waals surface area contributed by atoms with Crippen molar-refractivity contribution in [3.05, 3.63) is 35.8 Å². The number of hydrogen-bond acceptors (Lipinski definition) is 3. The van der Waals surface area contributed by atoms with E-state index in [1.54, 1.807) is 12.4 Å². The van der Waals surface area contributed by atoms with Crippen molar-refractivity contribution >= 4 is 5.97 Å². The molecule has 0 saturated heterocycles. The van der Waals surface area contributed by atoms with E-state index >= 15 is 0 Å². The standard InChI is InChI=1S/C10H9N3O2/c1-6-2-7(4-11-3-6)9-8(10(14)15)5-12-13-9/h2-5H,1H3,(H,12,13)(H,14,15). The van der Waals surface area contributed by atoms with E-state index in [-0.39, 0.29) is 5.56 Å². The molecule has 76 valence electrons. The summed E-state index contributed by atoms with van der Waals surface area (Å²) < 4.78 is 0. The summed E-state index contributed by atoms with van der Waals surface area (Å²) in [5.74, 6) is -1.000. The van der Waals surface area contributed by atoms with E-state index in [0.29, 0.717) is 5.69 Å². The number of H-pyrrole nitrogens is 1. The molecule has 5 heteroatoms. The lowest BCUT2D eigenvalue weighted by Crippen LogP contribution is -1.97. The summed E-state index contributed by atoms with van der Waals surface area (Å²) in [7, 11) is 0. The number of nitrogens with one attached hydrogen (secondary N) is 1. The molecule has 2 aromatic rings. The van der Waals surface area contributed by atoms with Crippen molar-refractivity contribution < 1.29 is 9.90 Å². The first kappa shape index (κ1) is 9.39. The number of aromatic nitrogens is 3. The molecule has 0 aliphatic heterocycles. The summed E-state index contributed by atoms with van der Waals surface area (Å²) in [4.78, 5) is 14.9. The molecule has 0 spiro atoms. The smallest absolute Gasteiger partial charge is 0.339 e. The minimum Gasteiger partial charge on any atom is -0.478 e. The first-order valence-electron chi connectivity index (χ1n) is 4.37. The predicted octanol–water partition coefficient (Wildman–Crippen LogP) is 1.48. The van der Waals surface area contributed by atoms with Gasteiger partial charge in [-0.3, -0.25) is 10.1 Å². The lowest BCUT2D eigenvalue weighted by atomic mass is 10.1. The molecule has 0 aliphatic rings. The van der Waals surface area contributed by atoms with E-state index in [1.165, 1.54) is 6.20 Å². The highest BCUT2D eigenvalue weighted by Gasteiger charge is 2.13. The van der Waals surface area contributed by atoms with Gasteiger partial charge in [0.1, 0.15) is 5.56 Å². The number of pyridine rings is 1. The molecular weight excluding hydrogens is 194 g/mol. The Morgan fingerprint density at radius 2 is 2.20 bits per heavy atom. The monoisotopic (exact) mass is 203 g/mol. The van der Waals surface area contributed by atoms with Gasteiger partial charge < -0.3 is 5.11 Å². The molecule has 0 aromatic carbocycles. The Balaban J connectivity index is 2.54. The lowest BCUT2D eigenvalue weighted by Gasteiger charge is -2.00. The summed E-state index contributed by atoms with van der Waals surface area (Å²) in [6, 6.07) is 1.85. The van der Waals surface area contributed by atoms with Crippen LogP contribution < -0.4 is 0 Å². The lowest BCUT2D eigenvalue weighted by molar-refractivity contribution is 0.0698. The van der Waals surface area contributed by atoms with E-state index in [1.807, 2.05) is 13.0 Å². The van der Waals surface area contributed by atoms with Crippen molar-refractivity contribution in [1.29, 1.82) is 0 Å². The van der Waals surface area contributed by atoms with Gasteiger partial charge in [0, 0.05) is 18.0 Å². The average molecular weight is 203 g/mol. The van der Waals surface area contributed by atoms with Gasteiger partial charge in [0.2, 0.25) is 0 Å². The van der Waals surface area contributed by atoms with Gasteiger partial charge in [0.25, 0.3) is 0 Å². The molecule has 0 amide bonds. The maximum Gasteiger partial charge on any atom is 0.339 e. The van der Waals surface area contributed by atoms with Gasteiger partial charge in [0.05, 0.1) is 11.9 Å². The van der Waals surface area contributed by atoms with Gasteiger partial charge in [-0.15, -0.1) is 0 Å². The molecule has 0 fully saturated rings. The van der Waals surface area contributed by atoms with Crippen molar-refractivity contribution in [2.24, 2.45) is 0 Å². The Kier molecular flexibility index (Phi) is 2.21. The predicted molar refractivity (Wildman–Crippen MR) is 53.5 cm³/mol. The second-order valence-corrected chi connectivity index (χ2v) is 3.21. The Bertz CT molecular complexity index is 505. The molecule has 2 N–H and O–H groups in total. The number of aromatic amines is 1. The number of hydrogen-bond donors (Lipinski definition) is 2. The highest BCUT2D eigenvalue weighted by Crippen LogP contribution is 2.20. The van der Waals surface area contributed by atoms with Gasteiger partial charge in [-0.1, -0.05) is 0 Å².